The lowest BCUT2D eigenvalue weighted by molar-refractivity contribution is -0.119. The third-order valence-corrected chi connectivity index (χ3v) is 6.45. The fourth-order valence-electron chi connectivity index (χ4n) is 3.87. The number of halogens is 1. The normalized spacial score (nSPS) is 18.2. The Bertz CT molecular complexity index is 1170. The molecule has 2 unspecified atom stereocenters. The second-order valence-electron chi connectivity index (χ2n) is 7.54. The van der Waals surface area contributed by atoms with Crippen molar-refractivity contribution in [1.82, 2.24) is 15.3 Å². The first kappa shape index (κ1) is 21.0. The number of anilines is 2. The lowest BCUT2D eigenvalue weighted by atomic mass is 10.2. The van der Waals surface area contributed by atoms with E-state index in [1.54, 1.807) is 13.0 Å². The van der Waals surface area contributed by atoms with E-state index in [9.17, 15) is 14.0 Å². The number of rotatable bonds is 6. The molecule has 10 heteroatoms. The number of hydrogen-bond donors (Lipinski definition) is 3. The van der Waals surface area contributed by atoms with Crippen LogP contribution in [0.2, 0.25) is 0 Å². The van der Waals surface area contributed by atoms with Crippen LogP contribution in [-0.4, -0.2) is 33.9 Å². The predicted octanol–water partition coefficient (Wildman–Crippen LogP) is 3.42. The zero-order valence-corrected chi connectivity index (χ0v) is 17.9. The summed E-state index contributed by atoms with van der Waals surface area (Å²) in [5.41, 5.74) is 6.70. The first-order chi connectivity index (χ1) is 14.8. The number of nitrogens with zero attached hydrogens (tertiary/aromatic N) is 2. The van der Waals surface area contributed by atoms with Crippen molar-refractivity contribution in [3.63, 3.8) is 0 Å². The molecule has 1 fully saturated rings. The molecule has 0 radical (unpaired) electrons. The van der Waals surface area contributed by atoms with Crippen molar-refractivity contribution < 1.29 is 18.7 Å². The molecule has 2 aromatic heterocycles. The van der Waals surface area contributed by atoms with E-state index in [2.05, 4.69) is 20.6 Å². The molecule has 1 aromatic carbocycles. The van der Waals surface area contributed by atoms with Crippen LogP contribution in [0.4, 0.5) is 15.9 Å². The van der Waals surface area contributed by atoms with Crippen LogP contribution in [0.25, 0.3) is 10.2 Å². The van der Waals surface area contributed by atoms with Crippen molar-refractivity contribution in [3.05, 3.63) is 40.8 Å². The van der Waals surface area contributed by atoms with Crippen molar-refractivity contribution >= 4 is 44.9 Å². The Morgan fingerprint density at radius 2 is 2.10 bits per heavy atom. The third kappa shape index (κ3) is 4.43. The molecule has 2 amide bonds. The molecule has 2 atom stereocenters. The quantitative estimate of drug-likeness (QED) is 0.537. The molecular formula is C21H22FN5O3S. The summed E-state index contributed by atoms with van der Waals surface area (Å²) in [5, 5.41) is 6.78. The maximum Gasteiger partial charge on any atom is 0.259 e. The van der Waals surface area contributed by atoms with E-state index in [-0.39, 0.29) is 18.1 Å². The summed E-state index contributed by atoms with van der Waals surface area (Å²) in [6, 6.07) is 4.28. The maximum atomic E-state index is 14.0. The topological polar surface area (TPSA) is 119 Å². The van der Waals surface area contributed by atoms with Gasteiger partial charge in [-0.3, -0.25) is 9.59 Å². The van der Waals surface area contributed by atoms with Gasteiger partial charge in [0.05, 0.1) is 16.0 Å². The maximum absolute atomic E-state index is 14.0. The van der Waals surface area contributed by atoms with E-state index in [0.717, 1.165) is 12.8 Å². The van der Waals surface area contributed by atoms with Crippen molar-refractivity contribution in [2.24, 2.45) is 5.73 Å². The molecule has 3 aromatic rings. The van der Waals surface area contributed by atoms with Crippen LogP contribution in [0.1, 0.15) is 41.4 Å². The fourth-order valence-corrected chi connectivity index (χ4v) is 4.87. The predicted molar refractivity (Wildman–Crippen MR) is 116 cm³/mol. The number of aryl methyl sites for hydroxylation is 1. The third-order valence-electron chi connectivity index (χ3n) is 5.23. The smallest absolute Gasteiger partial charge is 0.259 e. The summed E-state index contributed by atoms with van der Waals surface area (Å²) < 4.78 is 20.1. The number of nitrogens with two attached hydrogens (primary N) is 1. The van der Waals surface area contributed by atoms with Gasteiger partial charge in [0.15, 0.2) is 0 Å². The van der Waals surface area contributed by atoms with Crippen molar-refractivity contribution in [3.8, 4) is 5.75 Å². The molecule has 0 bridgehead atoms. The molecule has 0 saturated heterocycles. The summed E-state index contributed by atoms with van der Waals surface area (Å²) in [5.74, 6) is -0.193. The van der Waals surface area contributed by atoms with Crippen LogP contribution in [0, 0.1) is 12.7 Å². The fraction of sp³-hybridized carbons (Fsp3) is 0.333. The summed E-state index contributed by atoms with van der Waals surface area (Å²) in [6.45, 7) is 3.28. The molecule has 162 valence electrons. The number of benzene rings is 1. The number of hydrogen-bond acceptors (Lipinski definition) is 7. The van der Waals surface area contributed by atoms with E-state index in [1.807, 2.05) is 0 Å². The Kier molecular flexibility index (Phi) is 5.73. The molecule has 8 nitrogen and oxygen atoms in total. The van der Waals surface area contributed by atoms with Gasteiger partial charge in [-0.15, -0.1) is 11.3 Å². The van der Waals surface area contributed by atoms with E-state index in [1.165, 1.54) is 36.7 Å². The number of fused-ring (bicyclic) bond motifs is 1. The molecule has 1 saturated carbocycles. The van der Waals surface area contributed by atoms with E-state index in [4.69, 9.17) is 10.5 Å². The number of primary amides is 1. The number of thiophene rings is 1. The monoisotopic (exact) mass is 443 g/mol. The Morgan fingerprint density at radius 1 is 1.29 bits per heavy atom. The van der Waals surface area contributed by atoms with Gasteiger partial charge < -0.3 is 21.1 Å². The second-order valence-corrected chi connectivity index (χ2v) is 8.54. The van der Waals surface area contributed by atoms with Gasteiger partial charge in [0, 0.05) is 25.5 Å². The Hall–Kier alpha value is -3.27. The first-order valence-electron chi connectivity index (χ1n) is 9.86. The summed E-state index contributed by atoms with van der Waals surface area (Å²) in [4.78, 5) is 32.6. The number of aromatic nitrogens is 2. The molecule has 1 aliphatic rings. The van der Waals surface area contributed by atoms with Gasteiger partial charge >= 0.3 is 0 Å². The van der Waals surface area contributed by atoms with Crippen molar-refractivity contribution in [1.29, 1.82) is 0 Å². The van der Waals surface area contributed by atoms with Crippen LogP contribution in [0.3, 0.4) is 0 Å². The van der Waals surface area contributed by atoms with Gasteiger partial charge in [0.1, 0.15) is 34.6 Å². The number of carbonyl (C=O) groups excluding carboxylic acids is 2. The van der Waals surface area contributed by atoms with Gasteiger partial charge in [-0.25, -0.2) is 14.4 Å². The van der Waals surface area contributed by atoms with Gasteiger partial charge in [-0.1, -0.05) is 0 Å². The number of ether oxygens (including phenoxy) is 1. The zero-order valence-electron chi connectivity index (χ0n) is 17.1. The average Bonchev–Trinajstić information content (AvgIpc) is 3.28. The largest absolute Gasteiger partial charge is 0.488 e. The van der Waals surface area contributed by atoms with Gasteiger partial charge in [-0.05, 0) is 37.5 Å². The van der Waals surface area contributed by atoms with Gasteiger partial charge in [-0.2, -0.15) is 0 Å². The number of carbonyl (C=O) groups is 2. The first-order valence-corrected chi connectivity index (χ1v) is 10.7. The number of nitrogens with one attached hydrogen (secondary N) is 2. The van der Waals surface area contributed by atoms with Crippen molar-refractivity contribution in [2.75, 3.05) is 5.32 Å². The highest BCUT2D eigenvalue weighted by Gasteiger charge is 2.27. The molecular weight excluding hydrogens is 421 g/mol. The Balaban J connectivity index is 1.62. The molecule has 4 rings (SSSR count). The van der Waals surface area contributed by atoms with Crippen LogP contribution in [0.15, 0.2) is 24.5 Å². The minimum Gasteiger partial charge on any atom is -0.488 e. The summed E-state index contributed by atoms with van der Waals surface area (Å²) in [6.07, 6.45) is 3.46. The molecule has 4 N–H and O–H groups in total. The summed E-state index contributed by atoms with van der Waals surface area (Å²) in [7, 11) is 0. The molecule has 0 spiro atoms. The highest BCUT2D eigenvalue weighted by atomic mass is 32.1. The van der Waals surface area contributed by atoms with E-state index in [0.29, 0.717) is 44.3 Å². The van der Waals surface area contributed by atoms with E-state index >= 15 is 0 Å². The van der Waals surface area contributed by atoms with Crippen molar-refractivity contribution in [2.45, 2.75) is 45.3 Å². The minimum absolute atomic E-state index is 0.0506. The second kappa shape index (κ2) is 8.46. The van der Waals surface area contributed by atoms with Crippen LogP contribution < -0.4 is 21.1 Å². The van der Waals surface area contributed by atoms with E-state index < -0.39 is 11.7 Å². The molecule has 0 aliphatic heterocycles. The molecule has 2 heterocycles. The number of amides is 2. The zero-order chi connectivity index (χ0) is 22.1. The van der Waals surface area contributed by atoms with Gasteiger partial charge in [0.2, 0.25) is 5.91 Å². The van der Waals surface area contributed by atoms with Gasteiger partial charge in [0.25, 0.3) is 5.91 Å². The van der Waals surface area contributed by atoms with Crippen LogP contribution in [-0.2, 0) is 4.79 Å². The highest BCUT2D eigenvalue weighted by Crippen LogP contribution is 2.37. The lowest BCUT2D eigenvalue weighted by Crippen LogP contribution is -2.31. The highest BCUT2D eigenvalue weighted by molar-refractivity contribution is 7.20. The standard InChI is InChI=1S/C21H22FN5O3S/c1-10-17-20(24-9-25-21(17)31-18(10)19(23)29)27-15-6-3-12(22)7-16(15)30-14-5-4-13(8-14)26-11(2)28/h3,6-7,9,13-14H,4-5,8H2,1-2H3,(H2,23,29)(H,26,28)(H,24,25,27). The van der Waals surface area contributed by atoms with Crippen LogP contribution >= 0.6 is 11.3 Å². The Labute approximate surface area is 182 Å². The molecule has 31 heavy (non-hydrogen) atoms. The van der Waals surface area contributed by atoms with Crippen LogP contribution in [0.5, 0.6) is 5.75 Å². The Morgan fingerprint density at radius 3 is 2.84 bits per heavy atom. The summed E-state index contributed by atoms with van der Waals surface area (Å²) >= 11 is 1.20. The SMILES string of the molecule is CC(=O)NC1CCC(Oc2cc(F)ccc2Nc2ncnc3sc(C(N)=O)c(C)c23)C1. The molecule has 1 aliphatic carbocycles. The lowest BCUT2D eigenvalue weighted by Gasteiger charge is -2.18. The minimum atomic E-state index is -0.521. The average molecular weight is 444 g/mol.